The molecular formula is C18H24N2O4. The van der Waals surface area contributed by atoms with E-state index in [0.717, 1.165) is 26.1 Å². The van der Waals surface area contributed by atoms with E-state index in [1.54, 1.807) is 24.3 Å². The van der Waals surface area contributed by atoms with Crippen LogP contribution in [0.15, 0.2) is 30.3 Å². The third-order valence-electron chi connectivity index (χ3n) is 4.96. The summed E-state index contributed by atoms with van der Waals surface area (Å²) in [6.07, 6.45) is 2.38. The van der Waals surface area contributed by atoms with E-state index in [1.165, 1.54) is 4.90 Å². The first-order valence-electron chi connectivity index (χ1n) is 8.55. The number of likely N-dealkylation sites (tertiary alicyclic amines) is 1. The molecule has 2 fully saturated rings. The molecule has 2 saturated heterocycles. The number of carbonyl (C=O) groups is 2. The first-order valence-corrected chi connectivity index (χ1v) is 8.55. The minimum absolute atomic E-state index is 0.0572. The van der Waals surface area contributed by atoms with Gasteiger partial charge in [0.05, 0.1) is 6.61 Å². The van der Waals surface area contributed by atoms with E-state index < -0.39 is 17.7 Å². The number of ether oxygens (including phenoxy) is 1. The number of rotatable bonds is 4. The van der Waals surface area contributed by atoms with Gasteiger partial charge in [0.2, 0.25) is 0 Å². The summed E-state index contributed by atoms with van der Waals surface area (Å²) in [7, 11) is 0. The number of benzene rings is 1. The average molecular weight is 332 g/mol. The molecule has 3 rings (SSSR count). The second-order valence-electron chi connectivity index (χ2n) is 6.49. The van der Waals surface area contributed by atoms with E-state index in [-0.39, 0.29) is 12.5 Å². The van der Waals surface area contributed by atoms with Crippen LogP contribution in [0, 0.1) is 0 Å². The fourth-order valence-corrected chi connectivity index (χ4v) is 3.72. The molecule has 6 nitrogen and oxygen atoms in total. The number of amides is 1. The Bertz CT molecular complexity index is 596. The predicted molar refractivity (Wildman–Crippen MR) is 88.7 cm³/mol. The molecule has 0 radical (unpaired) electrons. The fraction of sp³-hybridized carbons (Fsp3) is 0.556. The van der Waals surface area contributed by atoms with Gasteiger partial charge in [-0.3, -0.25) is 9.69 Å². The van der Waals surface area contributed by atoms with Crippen LogP contribution in [-0.4, -0.2) is 64.8 Å². The number of carboxylic acids is 1. The molecule has 2 aliphatic heterocycles. The standard InChI is InChI=1S/C18H24N2O4/c1-2-10-19-11-8-18(9-12-19)20(15(13-24-18)17(22)23)16(21)14-6-4-3-5-7-14/h3-7,15H,2,8-13H2,1H3,(H,22,23)/t15-/m1/s1. The lowest BCUT2D eigenvalue weighted by Crippen LogP contribution is -2.58. The number of hydrogen-bond acceptors (Lipinski definition) is 4. The topological polar surface area (TPSA) is 70.1 Å². The van der Waals surface area contributed by atoms with Gasteiger partial charge in [0.25, 0.3) is 5.91 Å². The van der Waals surface area contributed by atoms with Crippen molar-refractivity contribution in [3.8, 4) is 0 Å². The number of carboxylic acid groups (broad SMARTS) is 1. The molecule has 1 N–H and O–H groups in total. The van der Waals surface area contributed by atoms with Crippen molar-refractivity contribution in [2.75, 3.05) is 26.2 Å². The summed E-state index contributed by atoms with van der Waals surface area (Å²) in [5.41, 5.74) is -0.287. The van der Waals surface area contributed by atoms with Crippen LogP contribution in [0.1, 0.15) is 36.5 Å². The maximum Gasteiger partial charge on any atom is 0.328 e. The van der Waals surface area contributed by atoms with Crippen molar-refractivity contribution < 1.29 is 19.4 Å². The lowest BCUT2D eigenvalue weighted by atomic mass is 9.96. The monoisotopic (exact) mass is 332 g/mol. The Morgan fingerprint density at radius 1 is 1.25 bits per heavy atom. The molecule has 6 heteroatoms. The van der Waals surface area contributed by atoms with Crippen molar-refractivity contribution in [3.05, 3.63) is 35.9 Å². The van der Waals surface area contributed by atoms with Crippen molar-refractivity contribution in [1.29, 1.82) is 0 Å². The molecule has 0 bridgehead atoms. The van der Waals surface area contributed by atoms with Crippen LogP contribution in [0.3, 0.4) is 0 Å². The Morgan fingerprint density at radius 2 is 1.92 bits per heavy atom. The van der Waals surface area contributed by atoms with Gasteiger partial charge in [-0.05, 0) is 25.1 Å². The van der Waals surface area contributed by atoms with Crippen LogP contribution >= 0.6 is 0 Å². The molecular weight excluding hydrogens is 308 g/mol. The molecule has 0 aromatic heterocycles. The fourth-order valence-electron chi connectivity index (χ4n) is 3.72. The van der Waals surface area contributed by atoms with Crippen LogP contribution in [0.2, 0.25) is 0 Å². The Morgan fingerprint density at radius 3 is 2.50 bits per heavy atom. The lowest BCUT2D eigenvalue weighted by molar-refractivity contribution is -0.143. The molecule has 130 valence electrons. The summed E-state index contributed by atoms with van der Waals surface area (Å²) >= 11 is 0. The highest BCUT2D eigenvalue weighted by atomic mass is 16.5. The largest absolute Gasteiger partial charge is 0.480 e. The zero-order chi connectivity index (χ0) is 17.2. The number of aliphatic carboxylic acids is 1. The number of piperidine rings is 1. The second kappa shape index (κ2) is 6.91. The molecule has 1 aromatic carbocycles. The average Bonchev–Trinajstić information content (AvgIpc) is 2.97. The van der Waals surface area contributed by atoms with E-state index >= 15 is 0 Å². The SMILES string of the molecule is CCCN1CCC2(CC1)OC[C@H](C(=O)O)N2C(=O)c1ccccc1. The van der Waals surface area contributed by atoms with Crippen LogP contribution in [-0.2, 0) is 9.53 Å². The van der Waals surface area contributed by atoms with E-state index in [4.69, 9.17) is 4.74 Å². The van der Waals surface area contributed by atoms with Gasteiger partial charge in [-0.2, -0.15) is 0 Å². The van der Waals surface area contributed by atoms with E-state index in [2.05, 4.69) is 11.8 Å². The van der Waals surface area contributed by atoms with Gasteiger partial charge in [0.15, 0.2) is 6.04 Å². The summed E-state index contributed by atoms with van der Waals surface area (Å²) in [4.78, 5) is 28.5. The maximum atomic E-state index is 13.0. The minimum Gasteiger partial charge on any atom is -0.480 e. The van der Waals surface area contributed by atoms with Gasteiger partial charge in [0, 0.05) is 31.5 Å². The normalized spacial score (nSPS) is 23.5. The van der Waals surface area contributed by atoms with Crippen LogP contribution in [0.4, 0.5) is 0 Å². The Balaban J connectivity index is 1.86. The van der Waals surface area contributed by atoms with Crippen LogP contribution < -0.4 is 0 Å². The first kappa shape index (κ1) is 16.9. The van der Waals surface area contributed by atoms with Crippen LogP contribution in [0.5, 0.6) is 0 Å². The summed E-state index contributed by atoms with van der Waals surface area (Å²) < 4.78 is 5.93. The Kier molecular flexibility index (Phi) is 4.87. The Hall–Kier alpha value is -1.92. The lowest BCUT2D eigenvalue weighted by Gasteiger charge is -2.44. The maximum absolute atomic E-state index is 13.0. The van der Waals surface area contributed by atoms with E-state index in [9.17, 15) is 14.7 Å². The number of carbonyl (C=O) groups excluding carboxylic acids is 1. The smallest absolute Gasteiger partial charge is 0.328 e. The van der Waals surface area contributed by atoms with Crippen molar-refractivity contribution in [2.45, 2.75) is 38.0 Å². The highest BCUT2D eigenvalue weighted by molar-refractivity contribution is 5.97. The van der Waals surface area contributed by atoms with Crippen molar-refractivity contribution in [3.63, 3.8) is 0 Å². The highest BCUT2D eigenvalue weighted by Gasteiger charge is 2.53. The molecule has 0 saturated carbocycles. The highest BCUT2D eigenvalue weighted by Crippen LogP contribution is 2.38. The number of nitrogens with zero attached hydrogens (tertiary/aromatic N) is 2. The molecule has 24 heavy (non-hydrogen) atoms. The molecule has 1 spiro atoms. The molecule has 1 amide bonds. The van der Waals surface area contributed by atoms with Crippen molar-refractivity contribution >= 4 is 11.9 Å². The molecule has 2 heterocycles. The minimum atomic E-state index is -1.01. The summed E-state index contributed by atoms with van der Waals surface area (Å²) in [6, 6.07) is 7.94. The van der Waals surface area contributed by atoms with Gasteiger partial charge >= 0.3 is 5.97 Å². The van der Waals surface area contributed by atoms with Crippen LogP contribution in [0.25, 0.3) is 0 Å². The van der Waals surface area contributed by atoms with Gasteiger partial charge in [-0.25, -0.2) is 4.79 Å². The molecule has 0 unspecified atom stereocenters. The predicted octanol–water partition coefficient (Wildman–Crippen LogP) is 1.81. The van der Waals surface area contributed by atoms with Crippen molar-refractivity contribution in [1.82, 2.24) is 9.80 Å². The second-order valence-corrected chi connectivity index (χ2v) is 6.49. The third kappa shape index (κ3) is 3.03. The van der Waals surface area contributed by atoms with Gasteiger partial charge in [0.1, 0.15) is 5.72 Å². The summed E-state index contributed by atoms with van der Waals surface area (Å²) in [6.45, 7) is 4.85. The third-order valence-corrected chi connectivity index (χ3v) is 4.96. The molecule has 1 aromatic rings. The van der Waals surface area contributed by atoms with Gasteiger partial charge in [-0.15, -0.1) is 0 Å². The van der Waals surface area contributed by atoms with Gasteiger partial charge < -0.3 is 14.7 Å². The zero-order valence-electron chi connectivity index (χ0n) is 14.0. The van der Waals surface area contributed by atoms with E-state index in [0.29, 0.717) is 18.4 Å². The Labute approximate surface area is 142 Å². The van der Waals surface area contributed by atoms with Gasteiger partial charge in [-0.1, -0.05) is 25.1 Å². The molecule has 0 aliphatic carbocycles. The molecule has 1 atom stereocenters. The first-order chi connectivity index (χ1) is 11.6. The molecule has 2 aliphatic rings. The summed E-state index contributed by atoms with van der Waals surface area (Å²) in [5, 5.41) is 9.55. The number of hydrogen-bond donors (Lipinski definition) is 1. The zero-order valence-corrected chi connectivity index (χ0v) is 14.0. The van der Waals surface area contributed by atoms with Crippen molar-refractivity contribution in [2.24, 2.45) is 0 Å². The van der Waals surface area contributed by atoms with E-state index in [1.807, 2.05) is 6.07 Å². The summed E-state index contributed by atoms with van der Waals surface area (Å²) in [5.74, 6) is -1.27. The quantitative estimate of drug-likeness (QED) is 0.911.